The monoisotopic (exact) mass is 402 g/mol. The van der Waals surface area contributed by atoms with E-state index < -0.39 is 42.5 Å². The zero-order valence-corrected chi connectivity index (χ0v) is 16.6. The molecule has 11 heteroatoms. The highest BCUT2D eigenvalue weighted by Gasteiger charge is 2.35. The molecule has 2 rings (SSSR count). The van der Waals surface area contributed by atoms with Crippen molar-refractivity contribution in [3.05, 3.63) is 18.2 Å². The normalized spacial score (nSPS) is 16.3. The Morgan fingerprint density at radius 1 is 1.35 bits per heavy atom. The van der Waals surface area contributed by atoms with E-state index in [1.165, 1.54) is 18.2 Å². The van der Waals surface area contributed by atoms with Gasteiger partial charge in [0.25, 0.3) is 5.91 Å². The second kappa shape index (κ2) is 7.54. The molecule has 1 heterocycles. The Morgan fingerprint density at radius 2 is 2.04 bits per heavy atom. The summed E-state index contributed by atoms with van der Waals surface area (Å²) < 4.78 is 36.5. The first-order valence-corrected chi connectivity index (χ1v) is 13.1. The Bertz CT molecular complexity index is 805. The molecule has 1 aromatic carbocycles. The average molecular weight is 403 g/mol. The lowest BCUT2D eigenvalue weighted by molar-refractivity contribution is -0.145. The minimum absolute atomic E-state index is 0.0617. The number of esters is 1. The van der Waals surface area contributed by atoms with Gasteiger partial charge in [-0.2, -0.15) is 8.42 Å². The zero-order chi connectivity index (χ0) is 19.5. The molecule has 144 valence electrons. The summed E-state index contributed by atoms with van der Waals surface area (Å²) in [5.41, 5.74) is -0.0617. The van der Waals surface area contributed by atoms with Crippen molar-refractivity contribution in [2.75, 3.05) is 24.1 Å². The van der Waals surface area contributed by atoms with Crippen LogP contribution in [0.3, 0.4) is 0 Å². The molecule has 1 saturated heterocycles. The molecule has 26 heavy (non-hydrogen) atoms. The third kappa shape index (κ3) is 5.36. The van der Waals surface area contributed by atoms with E-state index in [9.17, 15) is 23.1 Å². The maximum atomic E-state index is 11.8. The summed E-state index contributed by atoms with van der Waals surface area (Å²) in [5, 5.41) is 10.0. The summed E-state index contributed by atoms with van der Waals surface area (Å²) >= 11 is 0. The van der Waals surface area contributed by atoms with Gasteiger partial charge < -0.3 is 14.6 Å². The topological polar surface area (TPSA) is 122 Å². The number of ether oxygens (including phenoxy) is 2. The predicted molar refractivity (Wildman–Crippen MR) is 97.1 cm³/mol. The number of amides is 1. The summed E-state index contributed by atoms with van der Waals surface area (Å²) in [6.07, 6.45) is 0. The number of anilines is 1. The predicted octanol–water partition coefficient (Wildman–Crippen LogP) is 0.833. The number of phenolic OH excluding ortho intramolecular Hbond substituents is 1. The second-order valence-corrected chi connectivity index (χ2v) is 14.2. The van der Waals surface area contributed by atoms with Crippen LogP contribution in [0.5, 0.6) is 11.5 Å². The molecule has 1 fully saturated rings. The maximum absolute atomic E-state index is 11.8. The van der Waals surface area contributed by atoms with Crippen LogP contribution in [0, 0.1) is 0 Å². The van der Waals surface area contributed by atoms with Crippen molar-refractivity contribution in [3.8, 4) is 11.5 Å². The van der Waals surface area contributed by atoms with Crippen molar-refractivity contribution in [3.63, 3.8) is 0 Å². The smallest absolute Gasteiger partial charge is 0.344 e. The lowest BCUT2D eigenvalue weighted by Crippen LogP contribution is -2.29. The van der Waals surface area contributed by atoms with Crippen LogP contribution in [0.15, 0.2) is 18.2 Å². The molecule has 0 aromatic heterocycles. The minimum atomic E-state index is -4.01. The number of nitrogens with one attached hydrogen (secondary N) is 1. The van der Waals surface area contributed by atoms with Crippen LogP contribution in [-0.2, 0) is 24.5 Å². The first kappa shape index (κ1) is 20.0. The lowest BCUT2D eigenvalue weighted by atomic mass is 10.2. The SMILES string of the molecule is C[Si](C)(C)CCOC(=O)COc1ccc(N2CC(=O)NS2(=O)=O)c(O)c1. The van der Waals surface area contributed by atoms with Crippen molar-refractivity contribution in [1.29, 1.82) is 0 Å². The van der Waals surface area contributed by atoms with Crippen LogP contribution in [0.2, 0.25) is 25.7 Å². The second-order valence-electron chi connectivity index (χ2n) is 7.01. The summed E-state index contributed by atoms with van der Waals surface area (Å²) in [5.74, 6) is -1.44. The van der Waals surface area contributed by atoms with Gasteiger partial charge in [-0.15, -0.1) is 0 Å². The number of hydrogen-bond acceptors (Lipinski definition) is 7. The summed E-state index contributed by atoms with van der Waals surface area (Å²) in [6, 6.07) is 4.70. The van der Waals surface area contributed by atoms with Crippen molar-refractivity contribution < 1.29 is 32.6 Å². The fraction of sp³-hybridized carbons (Fsp3) is 0.467. The van der Waals surface area contributed by atoms with Crippen LogP contribution >= 0.6 is 0 Å². The number of nitrogens with zero attached hydrogens (tertiary/aromatic N) is 1. The third-order valence-corrected chi connectivity index (χ3v) is 6.60. The average Bonchev–Trinajstić information content (AvgIpc) is 2.76. The van der Waals surface area contributed by atoms with E-state index in [4.69, 9.17) is 9.47 Å². The number of rotatable bonds is 7. The molecule has 1 aromatic rings. The van der Waals surface area contributed by atoms with Gasteiger partial charge >= 0.3 is 16.2 Å². The summed E-state index contributed by atoms with van der Waals surface area (Å²) in [7, 11) is -5.30. The van der Waals surface area contributed by atoms with E-state index >= 15 is 0 Å². The summed E-state index contributed by atoms with van der Waals surface area (Å²) in [4.78, 5) is 22.9. The van der Waals surface area contributed by atoms with Gasteiger partial charge in [-0.05, 0) is 18.2 Å². The Balaban J connectivity index is 1.94. The highest BCUT2D eigenvalue weighted by Crippen LogP contribution is 2.33. The van der Waals surface area contributed by atoms with Crippen molar-refractivity contribution in [2.45, 2.75) is 25.7 Å². The fourth-order valence-corrected chi connectivity index (χ4v) is 4.00. The molecular weight excluding hydrogens is 380 g/mol. The Kier molecular flexibility index (Phi) is 5.81. The molecule has 0 atom stereocenters. The first-order valence-electron chi connectivity index (χ1n) is 7.93. The number of benzene rings is 1. The molecule has 1 aliphatic heterocycles. The molecule has 9 nitrogen and oxygen atoms in total. The van der Waals surface area contributed by atoms with Crippen LogP contribution in [-0.4, -0.2) is 53.2 Å². The Morgan fingerprint density at radius 3 is 2.58 bits per heavy atom. The van der Waals surface area contributed by atoms with E-state index in [1.807, 2.05) is 4.72 Å². The third-order valence-electron chi connectivity index (χ3n) is 3.51. The van der Waals surface area contributed by atoms with E-state index in [2.05, 4.69) is 19.6 Å². The van der Waals surface area contributed by atoms with Crippen molar-refractivity contribution >= 4 is 35.8 Å². The van der Waals surface area contributed by atoms with Crippen LogP contribution in [0.1, 0.15) is 0 Å². The van der Waals surface area contributed by atoms with Crippen molar-refractivity contribution in [1.82, 2.24) is 4.72 Å². The van der Waals surface area contributed by atoms with Crippen LogP contribution in [0.4, 0.5) is 5.69 Å². The van der Waals surface area contributed by atoms with Gasteiger partial charge in [-0.25, -0.2) is 13.8 Å². The van der Waals surface area contributed by atoms with E-state index in [0.717, 1.165) is 10.3 Å². The molecule has 0 unspecified atom stereocenters. The van der Waals surface area contributed by atoms with Crippen LogP contribution in [0.25, 0.3) is 0 Å². The molecule has 1 aliphatic rings. The number of carbonyl (C=O) groups excluding carboxylic acids is 2. The molecule has 0 radical (unpaired) electrons. The first-order chi connectivity index (χ1) is 12.0. The van der Waals surface area contributed by atoms with Crippen molar-refractivity contribution in [2.24, 2.45) is 0 Å². The highest BCUT2D eigenvalue weighted by atomic mass is 32.2. The van der Waals surface area contributed by atoms with E-state index in [-0.39, 0.29) is 18.0 Å². The van der Waals surface area contributed by atoms with Gasteiger partial charge in [-0.1, -0.05) is 19.6 Å². The van der Waals surface area contributed by atoms with E-state index in [1.54, 1.807) is 0 Å². The molecule has 1 amide bonds. The molecular formula is C15H22N2O7SSi. The van der Waals surface area contributed by atoms with Gasteiger partial charge in [0.1, 0.15) is 18.0 Å². The molecule has 0 bridgehead atoms. The maximum Gasteiger partial charge on any atom is 0.344 e. The number of aromatic hydroxyl groups is 1. The summed E-state index contributed by atoms with van der Waals surface area (Å²) in [6.45, 7) is 6.12. The number of hydrogen-bond donors (Lipinski definition) is 2. The fourth-order valence-electron chi connectivity index (χ4n) is 2.12. The van der Waals surface area contributed by atoms with Crippen LogP contribution < -0.4 is 13.8 Å². The van der Waals surface area contributed by atoms with E-state index in [0.29, 0.717) is 6.61 Å². The number of phenols is 1. The van der Waals surface area contributed by atoms with Gasteiger partial charge in [0.2, 0.25) is 0 Å². The highest BCUT2D eigenvalue weighted by molar-refractivity contribution is 7.92. The minimum Gasteiger partial charge on any atom is -0.506 e. The Labute approximate surface area is 153 Å². The molecule has 0 spiro atoms. The largest absolute Gasteiger partial charge is 0.506 e. The zero-order valence-electron chi connectivity index (χ0n) is 14.8. The van der Waals surface area contributed by atoms with Gasteiger partial charge in [0, 0.05) is 14.1 Å². The number of carbonyl (C=O) groups is 2. The van der Waals surface area contributed by atoms with Gasteiger partial charge in [-0.3, -0.25) is 4.79 Å². The molecule has 0 aliphatic carbocycles. The standard InChI is InChI=1S/C15H22N2O7SSi/c1-26(2,3)7-6-23-15(20)10-24-11-4-5-12(13(18)8-11)17-9-14(19)16-25(17,21)22/h4-5,8,18H,6-7,9-10H2,1-3H3,(H,16,19). The lowest BCUT2D eigenvalue weighted by Gasteiger charge is -2.17. The quantitative estimate of drug-likeness (QED) is 0.512. The van der Waals surface area contributed by atoms with Gasteiger partial charge in [0.15, 0.2) is 6.61 Å². The molecule has 2 N–H and O–H groups in total. The van der Waals surface area contributed by atoms with Gasteiger partial charge in [0.05, 0.1) is 12.3 Å². The Hall–Kier alpha value is -2.27. The molecule has 0 saturated carbocycles.